The van der Waals surface area contributed by atoms with Crippen LogP contribution in [0.1, 0.15) is 13.8 Å². The van der Waals surface area contributed by atoms with E-state index in [-0.39, 0.29) is 0 Å². The van der Waals surface area contributed by atoms with Crippen LogP contribution in [0.15, 0.2) is 48.1 Å². The molecule has 1 unspecified atom stereocenters. The van der Waals surface area contributed by atoms with Gasteiger partial charge in [0.15, 0.2) is 0 Å². The molecule has 0 radical (unpaired) electrons. The van der Waals surface area contributed by atoms with E-state index in [0.29, 0.717) is 5.92 Å². The fourth-order valence-corrected chi connectivity index (χ4v) is 1.08. The first-order valence-corrected chi connectivity index (χ1v) is 3.92. The molecule has 0 spiro atoms. The fourth-order valence-electron chi connectivity index (χ4n) is 1.08. The summed E-state index contributed by atoms with van der Waals surface area (Å²) in [6.07, 6.45) is 10.6. The van der Waals surface area contributed by atoms with Gasteiger partial charge in [0.25, 0.3) is 0 Å². The Kier molecular flexibility index (Phi) is 2.48. The molecule has 0 heterocycles. The van der Waals surface area contributed by atoms with Crippen LogP contribution >= 0.6 is 0 Å². The van der Waals surface area contributed by atoms with E-state index < -0.39 is 0 Å². The summed E-state index contributed by atoms with van der Waals surface area (Å²) < 4.78 is 0. The van der Waals surface area contributed by atoms with Crippen molar-refractivity contribution in [3.8, 4) is 0 Å². The quantitative estimate of drug-likeness (QED) is 0.532. The molecule has 11 heavy (non-hydrogen) atoms. The Morgan fingerprint density at radius 3 is 2.82 bits per heavy atom. The summed E-state index contributed by atoms with van der Waals surface area (Å²) >= 11 is 0. The molecule has 1 aliphatic rings. The van der Waals surface area contributed by atoms with E-state index in [1.54, 1.807) is 0 Å². The third-order valence-electron chi connectivity index (χ3n) is 1.74. The van der Waals surface area contributed by atoms with Gasteiger partial charge < -0.3 is 0 Å². The maximum absolute atomic E-state index is 3.91. The average molecular weight is 146 g/mol. The highest BCUT2D eigenvalue weighted by molar-refractivity contribution is 5.40. The van der Waals surface area contributed by atoms with Gasteiger partial charge in [-0.25, -0.2) is 0 Å². The second kappa shape index (κ2) is 3.38. The lowest BCUT2D eigenvalue weighted by Gasteiger charge is -2.01. The topological polar surface area (TPSA) is 0 Å². The third-order valence-corrected chi connectivity index (χ3v) is 1.74. The summed E-state index contributed by atoms with van der Waals surface area (Å²) in [4.78, 5) is 0. The molecule has 0 N–H and O–H groups in total. The number of hydrogen-bond acceptors (Lipinski definition) is 0. The molecule has 0 saturated carbocycles. The van der Waals surface area contributed by atoms with Gasteiger partial charge in [-0.2, -0.15) is 0 Å². The Balaban J connectivity index is 2.88. The average Bonchev–Trinajstić information content (AvgIpc) is 2.13. The molecule has 1 rings (SSSR count). The van der Waals surface area contributed by atoms with E-state index in [4.69, 9.17) is 0 Å². The van der Waals surface area contributed by atoms with Crippen LogP contribution in [-0.4, -0.2) is 0 Å². The number of rotatable bonds is 1. The molecule has 0 nitrogen and oxygen atoms in total. The van der Waals surface area contributed by atoms with Crippen molar-refractivity contribution in [2.45, 2.75) is 13.8 Å². The zero-order chi connectivity index (χ0) is 8.27. The molecule has 0 fully saturated rings. The van der Waals surface area contributed by atoms with Crippen LogP contribution in [0.25, 0.3) is 0 Å². The lowest BCUT2D eigenvalue weighted by molar-refractivity contribution is 0.935. The molecular formula is C11H14. The first-order chi connectivity index (χ1) is 5.20. The van der Waals surface area contributed by atoms with Gasteiger partial charge in [0.2, 0.25) is 0 Å². The normalized spacial score (nSPS) is 22.7. The van der Waals surface area contributed by atoms with Crippen LogP contribution in [0.4, 0.5) is 0 Å². The highest BCUT2D eigenvalue weighted by atomic mass is 14.0. The summed E-state index contributed by atoms with van der Waals surface area (Å²) in [5, 5.41) is 0. The van der Waals surface area contributed by atoms with Gasteiger partial charge in [0.1, 0.15) is 0 Å². The first-order valence-electron chi connectivity index (χ1n) is 3.92. The molecule has 0 aromatic carbocycles. The predicted octanol–water partition coefficient (Wildman–Crippen LogP) is 3.25. The fraction of sp³-hybridized carbons (Fsp3) is 0.273. The molecule has 0 bridgehead atoms. The standard InChI is InChI=1S/C11H14/c1-9(2)11-7-5-4-6-10(3)8-11/h4-8,10H,1H2,2-3H3. The first kappa shape index (κ1) is 8.06. The molecule has 0 heteroatoms. The van der Waals surface area contributed by atoms with Crippen molar-refractivity contribution in [1.82, 2.24) is 0 Å². The Hall–Kier alpha value is -1.04. The molecule has 0 aromatic heterocycles. The lowest BCUT2D eigenvalue weighted by atomic mass is 10.0. The SMILES string of the molecule is C=C(C)C1=CC(C)C=CC=C1. The Morgan fingerprint density at radius 1 is 1.45 bits per heavy atom. The van der Waals surface area contributed by atoms with E-state index in [9.17, 15) is 0 Å². The van der Waals surface area contributed by atoms with Crippen LogP contribution in [0.5, 0.6) is 0 Å². The summed E-state index contributed by atoms with van der Waals surface area (Å²) in [6, 6.07) is 0. The van der Waals surface area contributed by atoms with Crippen molar-refractivity contribution in [2.24, 2.45) is 5.92 Å². The molecular weight excluding hydrogens is 132 g/mol. The van der Waals surface area contributed by atoms with Crippen molar-refractivity contribution >= 4 is 0 Å². The van der Waals surface area contributed by atoms with Crippen LogP contribution in [0, 0.1) is 5.92 Å². The van der Waals surface area contributed by atoms with Crippen molar-refractivity contribution < 1.29 is 0 Å². The molecule has 0 aromatic rings. The second-order valence-corrected chi connectivity index (χ2v) is 3.01. The Morgan fingerprint density at radius 2 is 2.18 bits per heavy atom. The maximum Gasteiger partial charge on any atom is -0.00697 e. The van der Waals surface area contributed by atoms with E-state index >= 15 is 0 Å². The largest absolute Gasteiger partial charge is 0.0955 e. The molecule has 0 saturated heterocycles. The van der Waals surface area contributed by atoms with Crippen molar-refractivity contribution in [3.05, 3.63) is 48.1 Å². The van der Waals surface area contributed by atoms with Gasteiger partial charge in [0, 0.05) is 0 Å². The lowest BCUT2D eigenvalue weighted by Crippen LogP contribution is -1.85. The minimum atomic E-state index is 0.525. The predicted molar refractivity (Wildman–Crippen MR) is 50.3 cm³/mol. The molecule has 1 atom stereocenters. The Labute approximate surface area is 68.6 Å². The smallest absolute Gasteiger partial charge is 0.00697 e. The van der Waals surface area contributed by atoms with Crippen LogP contribution in [0.3, 0.4) is 0 Å². The zero-order valence-electron chi connectivity index (χ0n) is 7.17. The van der Waals surface area contributed by atoms with E-state index in [1.807, 2.05) is 6.92 Å². The molecule has 1 aliphatic carbocycles. The summed E-state index contributed by atoms with van der Waals surface area (Å²) in [5.74, 6) is 0.525. The number of hydrogen-bond donors (Lipinski definition) is 0. The van der Waals surface area contributed by atoms with E-state index in [2.05, 4.69) is 43.9 Å². The van der Waals surface area contributed by atoms with Crippen molar-refractivity contribution in [3.63, 3.8) is 0 Å². The maximum atomic E-state index is 3.91. The highest BCUT2D eigenvalue weighted by Crippen LogP contribution is 2.15. The van der Waals surface area contributed by atoms with Crippen LogP contribution in [0.2, 0.25) is 0 Å². The minimum absolute atomic E-state index is 0.525. The molecule has 58 valence electrons. The van der Waals surface area contributed by atoms with Crippen molar-refractivity contribution in [2.75, 3.05) is 0 Å². The summed E-state index contributed by atoms with van der Waals surface area (Å²) in [6.45, 7) is 8.12. The molecule has 0 amide bonds. The third kappa shape index (κ3) is 2.23. The molecule has 0 aliphatic heterocycles. The van der Waals surface area contributed by atoms with Crippen LogP contribution < -0.4 is 0 Å². The van der Waals surface area contributed by atoms with Crippen molar-refractivity contribution in [1.29, 1.82) is 0 Å². The highest BCUT2D eigenvalue weighted by Gasteiger charge is 1.98. The zero-order valence-corrected chi connectivity index (χ0v) is 7.17. The second-order valence-electron chi connectivity index (χ2n) is 3.01. The summed E-state index contributed by atoms with van der Waals surface area (Å²) in [5.41, 5.74) is 2.39. The summed E-state index contributed by atoms with van der Waals surface area (Å²) in [7, 11) is 0. The van der Waals surface area contributed by atoms with Gasteiger partial charge in [-0.3, -0.25) is 0 Å². The van der Waals surface area contributed by atoms with E-state index in [0.717, 1.165) is 5.57 Å². The van der Waals surface area contributed by atoms with E-state index in [1.165, 1.54) is 5.57 Å². The van der Waals surface area contributed by atoms with Gasteiger partial charge in [0.05, 0.1) is 0 Å². The Bertz CT molecular complexity index is 239. The minimum Gasteiger partial charge on any atom is -0.0955 e. The van der Waals surface area contributed by atoms with Gasteiger partial charge in [-0.15, -0.1) is 0 Å². The van der Waals surface area contributed by atoms with Crippen LogP contribution in [-0.2, 0) is 0 Å². The monoisotopic (exact) mass is 146 g/mol. The van der Waals surface area contributed by atoms with Gasteiger partial charge in [-0.05, 0) is 18.4 Å². The van der Waals surface area contributed by atoms with Gasteiger partial charge in [-0.1, -0.05) is 49.5 Å². The number of allylic oxidation sites excluding steroid dienone is 7. The van der Waals surface area contributed by atoms with Gasteiger partial charge >= 0.3 is 0 Å².